The fourth-order valence-corrected chi connectivity index (χ4v) is 5.05. The van der Waals surface area contributed by atoms with Crippen molar-refractivity contribution in [3.8, 4) is 11.3 Å². The summed E-state index contributed by atoms with van der Waals surface area (Å²) in [5.41, 5.74) is 5.17. The second kappa shape index (κ2) is 9.63. The van der Waals surface area contributed by atoms with E-state index in [0.717, 1.165) is 40.6 Å². The van der Waals surface area contributed by atoms with Gasteiger partial charge in [-0.3, -0.25) is 9.08 Å². The van der Waals surface area contributed by atoms with Crippen molar-refractivity contribution in [2.75, 3.05) is 0 Å². The Labute approximate surface area is 191 Å². The van der Waals surface area contributed by atoms with Crippen LogP contribution in [-0.4, -0.2) is 24.4 Å². The predicted molar refractivity (Wildman–Crippen MR) is 129 cm³/mol. The number of imidazole rings is 1. The highest BCUT2D eigenvalue weighted by Crippen LogP contribution is 2.33. The van der Waals surface area contributed by atoms with Crippen LogP contribution in [-0.2, 0) is 24.5 Å². The number of ether oxygens (including phenoxy) is 1. The number of hydrogen-bond donors (Lipinski definition) is 0. The summed E-state index contributed by atoms with van der Waals surface area (Å²) in [7, 11) is 0. The van der Waals surface area contributed by atoms with Crippen molar-refractivity contribution >= 4 is 26.5 Å². The molecule has 0 radical (unpaired) electrons. The third-order valence-corrected chi connectivity index (χ3v) is 6.63. The van der Waals surface area contributed by atoms with Crippen LogP contribution in [0.3, 0.4) is 0 Å². The maximum absolute atomic E-state index is 6.14. The van der Waals surface area contributed by atoms with Gasteiger partial charge in [0.25, 0.3) is 0 Å². The molecule has 164 valence electrons. The Balaban J connectivity index is 1.36. The summed E-state index contributed by atoms with van der Waals surface area (Å²) >= 11 is 1.71. The van der Waals surface area contributed by atoms with E-state index in [1.807, 2.05) is 29.1 Å². The van der Waals surface area contributed by atoms with Crippen LogP contribution in [0.1, 0.15) is 44.0 Å². The standard InChI is InChI=1S/C25H27N5OS/c1-2-3-4-10-15-29-16-20(27-28-29)17-31-18-22-24(19-11-6-5-7-12-19)26-25-30(22)21-13-8-9-14-23(21)32-25/h5-9,11-14,16H,2-4,10,15,17-18H2,1H3. The van der Waals surface area contributed by atoms with Crippen molar-refractivity contribution in [3.63, 3.8) is 0 Å². The second-order valence-corrected chi connectivity index (χ2v) is 9.00. The SMILES string of the molecule is CCCCCCn1cc(COCc2c(-c3ccccc3)nc3sc4ccccc4n23)nn1. The highest BCUT2D eigenvalue weighted by molar-refractivity contribution is 7.23. The Kier molecular flexibility index (Phi) is 6.27. The van der Waals surface area contributed by atoms with Crippen molar-refractivity contribution in [2.45, 2.75) is 52.4 Å². The number of rotatable bonds is 10. The van der Waals surface area contributed by atoms with E-state index < -0.39 is 0 Å². The van der Waals surface area contributed by atoms with Crippen LogP contribution in [0.2, 0.25) is 0 Å². The Hall–Kier alpha value is -3.03. The van der Waals surface area contributed by atoms with Gasteiger partial charge in [0.15, 0.2) is 4.96 Å². The fourth-order valence-electron chi connectivity index (χ4n) is 4.00. The highest BCUT2D eigenvalue weighted by Gasteiger charge is 2.18. The van der Waals surface area contributed by atoms with Crippen LogP contribution >= 0.6 is 11.3 Å². The van der Waals surface area contributed by atoms with Gasteiger partial charge in [-0.25, -0.2) is 4.98 Å². The molecule has 0 amide bonds. The third-order valence-electron chi connectivity index (χ3n) is 5.61. The van der Waals surface area contributed by atoms with Gasteiger partial charge in [0.05, 0.1) is 41.0 Å². The maximum atomic E-state index is 6.14. The molecular weight excluding hydrogens is 418 g/mol. The van der Waals surface area contributed by atoms with Crippen LogP contribution in [0, 0.1) is 0 Å². The molecule has 7 heteroatoms. The van der Waals surface area contributed by atoms with E-state index in [0.29, 0.717) is 13.2 Å². The first-order valence-corrected chi connectivity index (χ1v) is 12.1. The molecular formula is C25H27N5OS. The van der Waals surface area contributed by atoms with Gasteiger partial charge in [-0.1, -0.05) is 85.2 Å². The number of unbranched alkanes of at least 4 members (excludes halogenated alkanes) is 3. The largest absolute Gasteiger partial charge is 0.369 e. The molecule has 0 spiro atoms. The topological polar surface area (TPSA) is 57.2 Å². The van der Waals surface area contributed by atoms with Gasteiger partial charge in [-0.15, -0.1) is 5.10 Å². The molecule has 2 aromatic carbocycles. The molecule has 0 aliphatic carbocycles. The fraction of sp³-hybridized carbons (Fsp3) is 0.320. The number of aryl methyl sites for hydroxylation is 1. The summed E-state index contributed by atoms with van der Waals surface area (Å²) in [5, 5.41) is 8.53. The number of nitrogens with zero attached hydrogens (tertiary/aromatic N) is 5. The van der Waals surface area contributed by atoms with Gasteiger partial charge in [0, 0.05) is 12.1 Å². The van der Waals surface area contributed by atoms with Gasteiger partial charge in [-0.2, -0.15) is 0 Å². The molecule has 5 aromatic rings. The van der Waals surface area contributed by atoms with E-state index in [1.54, 1.807) is 11.3 Å². The molecule has 3 aromatic heterocycles. The van der Waals surface area contributed by atoms with Crippen LogP contribution in [0.4, 0.5) is 0 Å². The molecule has 0 aliphatic heterocycles. The van der Waals surface area contributed by atoms with Gasteiger partial charge in [-0.05, 0) is 18.6 Å². The van der Waals surface area contributed by atoms with Crippen molar-refractivity contribution < 1.29 is 4.74 Å². The maximum Gasteiger partial charge on any atom is 0.195 e. The Morgan fingerprint density at radius 1 is 0.938 bits per heavy atom. The van der Waals surface area contributed by atoms with Crippen LogP contribution in [0.5, 0.6) is 0 Å². The normalized spacial score (nSPS) is 11.7. The predicted octanol–water partition coefficient (Wildman–Crippen LogP) is 6.10. The summed E-state index contributed by atoms with van der Waals surface area (Å²) in [5.74, 6) is 0. The number of thiazole rings is 1. The quantitative estimate of drug-likeness (QED) is 0.244. The zero-order chi connectivity index (χ0) is 21.8. The molecule has 0 aliphatic rings. The summed E-state index contributed by atoms with van der Waals surface area (Å²) in [6, 6.07) is 18.7. The van der Waals surface area contributed by atoms with Gasteiger partial charge >= 0.3 is 0 Å². The zero-order valence-corrected chi connectivity index (χ0v) is 19.1. The minimum absolute atomic E-state index is 0.429. The summed E-state index contributed by atoms with van der Waals surface area (Å²) < 4.78 is 11.5. The lowest BCUT2D eigenvalue weighted by molar-refractivity contribution is 0.102. The minimum Gasteiger partial charge on any atom is -0.369 e. The van der Waals surface area contributed by atoms with Gasteiger partial charge < -0.3 is 4.74 Å². The molecule has 5 rings (SSSR count). The van der Waals surface area contributed by atoms with Crippen LogP contribution in [0.15, 0.2) is 60.8 Å². The van der Waals surface area contributed by atoms with E-state index in [1.165, 1.54) is 29.5 Å². The summed E-state index contributed by atoms with van der Waals surface area (Å²) in [6.07, 6.45) is 6.87. The number of hydrogen-bond acceptors (Lipinski definition) is 5. The lowest BCUT2D eigenvalue weighted by atomic mass is 10.1. The van der Waals surface area contributed by atoms with E-state index in [-0.39, 0.29) is 0 Å². The Morgan fingerprint density at radius 3 is 2.66 bits per heavy atom. The zero-order valence-electron chi connectivity index (χ0n) is 18.3. The summed E-state index contributed by atoms with van der Waals surface area (Å²) in [4.78, 5) is 5.96. The molecule has 0 bridgehead atoms. The monoisotopic (exact) mass is 445 g/mol. The molecule has 0 unspecified atom stereocenters. The first-order chi connectivity index (χ1) is 15.8. The van der Waals surface area contributed by atoms with Crippen LogP contribution < -0.4 is 0 Å². The van der Waals surface area contributed by atoms with Crippen molar-refractivity contribution in [1.82, 2.24) is 24.4 Å². The van der Waals surface area contributed by atoms with Crippen molar-refractivity contribution in [3.05, 3.63) is 72.2 Å². The minimum atomic E-state index is 0.429. The van der Waals surface area contributed by atoms with E-state index in [9.17, 15) is 0 Å². The number of para-hydroxylation sites is 1. The van der Waals surface area contributed by atoms with Crippen molar-refractivity contribution in [1.29, 1.82) is 0 Å². The van der Waals surface area contributed by atoms with Gasteiger partial charge in [0.2, 0.25) is 0 Å². The lowest BCUT2D eigenvalue weighted by Crippen LogP contribution is -2.00. The molecule has 0 saturated carbocycles. The summed E-state index contributed by atoms with van der Waals surface area (Å²) in [6.45, 7) is 4.02. The number of fused-ring (bicyclic) bond motifs is 3. The molecule has 3 heterocycles. The van der Waals surface area contributed by atoms with Crippen LogP contribution in [0.25, 0.3) is 26.4 Å². The lowest BCUT2D eigenvalue weighted by Gasteiger charge is -2.06. The molecule has 0 saturated heterocycles. The average molecular weight is 446 g/mol. The number of aromatic nitrogens is 5. The Morgan fingerprint density at radius 2 is 1.78 bits per heavy atom. The molecule has 32 heavy (non-hydrogen) atoms. The Bertz CT molecular complexity index is 1300. The van der Waals surface area contributed by atoms with E-state index in [4.69, 9.17) is 9.72 Å². The first-order valence-electron chi connectivity index (χ1n) is 11.2. The molecule has 6 nitrogen and oxygen atoms in total. The smallest absolute Gasteiger partial charge is 0.195 e. The van der Waals surface area contributed by atoms with Crippen molar-refractivity contribution in [2.24, 2.45) is 0 Å². The second-order valence-electron chi connectivity index (χ2n) is 7.99. The molecule has 0 N–H and O–H groups in total. The van der Waals surface area contributed by atoms with E-state index >= 15 is 0 Å². The third kappa shape index (κ3) is 4.31. The first kappa shape index (κ1) is 20.8. The molecule has 0 fully saturated rings. The van der Waals surface area contributed by atoms with E-state index in [2.05, 4.69) is 58.0 Å². The molecule has 0 atom stereocenters. The average Bonchev–Trinajstić information content (AvgIpc) is 3.52. The highest BCUT2D eigenvalue weighted by atomic mass is 32.1. The van der Waals surface area contributed by atoms with Gasteiger partial charge in [0.1, 0.15) is 5.69 Å². The number of benzene rings is 2.